The van der Waals surface area contributed by atoms with E-state index in [0.29, 0.717) is 0 Å². The molecule has 0 aromatic rings. The second kappa shape index (κ2) is 19.9. The van der Waals surface area contributed by atoms with Crippen LogP contribution in [0.25, 0.3) is 0 Å². The summed E-state index contributed by atoms with van der Waals surface area (Å²) in [6, 6.07) is 0. The Morgan fingerprint density at radius 1 is 0.500 bits per heavy atom. The van der Waals surface area contributed by atoms with Crippen LogP contribution in [0.4, 0.5) is 0 Å². The standard InChI is InChI=1S/C27H54I2N/c1-3-5-7-9-10-11-12-13-14-15-17-19-23-27(29)30(24-20-21-25-30)26(28)22-18-16-8-6-4-2/h26-27H,3-25H2,1-2H3/q+1. The summed E-state index contributed by atoms with van der Waals surface area (Å²) in [7, 11) is 0. The number of alkyl halides is 2. The van der Waals surface area contributed by atoms with Crippen molar-refractivity contribution in [2.75, 3.05) is 13.1 Å². The van der Waals surface area contributed by atoms with Gasteiger partial charge in [-0.2, -0.15) is 0 Å². The molecule has 1 fully saturated rings. The molecule has 1 aliphatic heterocycles. The second-order valence-electron chi connectivity index (χ2n) is 10.0. The molecule has 1 nitrogen and oxygen atoms in total. The summed E-state index contributed by atoms with van der Waals surface area (Å²) in [6.07, 6.45) is 30.5. The number of halogens is 2. The van der Waals surface area contributed by atoms with E-state index in [4.69, 9.17) is 0 Å². The molecule has 1 saturated heterocycles. The minimum absolute atomic E-state index is 0.853. The third-order valence-electron chi connectivity index (χ3n) is 7.36. The van der Waals surface area contributed by atoms with Crippen LogP contribution in [-0.4, -0.2) is 25.7 Å². The van der Waals surface area contributed by atoms with Gasteiger partial charge in [-0.1, -0.05) is 110 Å². The van der Waals surface area contributed by atoms with Crippen LogP contribution in [-0.2, 0) is 0 Å². The molecule has 0 radical (unpaired) electrons. The molecular weight excluding hydrogens is 592 g/mol. The predicted octanol–water partition coefficient (Wildman–Crippen LogP) is 10.6. The average Bonchev–Trinajstić information content (AvgIpc) is 3.25. The third-order valence-corrected chi connectivity index (χ3v) is 10.8. The topological polar surface area (TPSA) is 0 Å². The number of hydrogen-bond donors (Lipinski definition) is 0. The predicted molar refractivity (Wildman–Crippen MR) is 154 cm³/mol. The quantitative estimate of drug-likeness (QED) is 0.0383. The van der Waals surface area contributed by atoms with Gasteiger partial charge in [0.1, 0.15) is 8.10 Å². The Morgan fingerprint density at radius 2 is 0.800 bits per heavy atom. The van der Waals surface area contributed by atoms with Crippen molar-refractivity contribution in [1.82, 2.24) is 0 Å². The first-order valence-corrected chi connectivity index (χ1v) is 16.3. The summed E-state index contributed by atoms with van der Waals surface area (Å²) >= 11 is 5.68. The van der Waals surface area contributed by atoms with Crippen molar-refractivity contribution in [2.24, 2.45) is 0 Å². The molecule has 0 bridgehead atoms. The molecule has 1 heterocycles. The molecule has 0 N–H and O–H groups in total. The van der Waals surface area contributed by atoms with Gasteiger partial charge < -0.3 is 4.48 Å². The van der Waals surface area contributed by atoms with Gasteiger partial charge in [0.05, 0.1) is 13.1 Å². The largest absolute Gasteiger partial charge is 0.303 e. The van der Waals surface area contributed by atoms with Gasteiger partial charge in [0.2, 0.25) is 0 Å². The van der Waals surface area contributed by atoms with Crippen LogP contribution < -0.4 is 0 Å². The van der Waals surface area contributed by atoms with Crippen LogP contribution in [0.1, 0.15) is 149 Å². The van der Waals surface area contributed by atoms with E-state index >= 15 is 0 Å². The lowest BCUT2D eigenvalue weighted by Crippen LogP contribution is -2.55. The highest BCUT2D eigenvalue weighted by molar-refractivity contribution is 14.1. The van der Waals surface area contributed by atoms with E-state index in [1.54, 1.807) is 0 Å². The summed E-state index contributed by atoms with van der Waals surface area (Å²) in [6.45, 7) is 7.54. The Hall–Kier alpha value is 1.42. The average molecular weight is 647 g/mol. The Morgan fingerprint density at radius 3 is 1.13 bits per heavy atom. The zero-order valence-corrected chi connectivity index (χ0v) is 24.9. The molecule has 0 aromatic carbocycles. The first-order valence-electron chi connectivity index (χ1n) is 13.8. The molecule has 3 heteroatoms. The van der Waals surface area contributed by atoms with Crippen molar-refractivity contribution in [3.63, 3.8) is 0 Å². The van der Waals surface area contributed by atoms with Crippen LogP contribution in [0, 0.1) is 0 Å². The van der Waals surface area contributed by atoms with E-state index < -0.39 is 0 Å². The van der Waals surface area contributed by atoms with Gasteiger partial charge in [0.25, 0.3) is 0 Å². The van der Waals surface area contributed by atoms with Crippen molar-refractivity contribution < 1.29 is 4.48 Å². The fourth-order valence-electron chi connectivity index (χ4n) is 5.24. The van der Waals surface area contributed by atoms with E-state index in [9.17, 15) is 0 Å². The molecule has 0 aromatic heterocycles. The van der Waals surface area contributed by atoms with Gasteiger partial charge in [-0.3, -0.25) is 0 Å². The van der Waals surface area contributed by atoms with Crippen molar-refractivity contribution in [3.8, 4) is 0 Å². The van der Waals surface area contributed by atoms with E-state index in [1.165, 1.54) is 152 Å². The Bertz CT molecular complexity index is 368. The number of likely N-dealkylation sites (tertiary alicyclic amines) is 1. The highest BCUT2D eigenvalue weighted by Crippen LogP contribution is 2.38. The van der Waals surface area contributed by atoms with Gasteiger partial charge >= 0.3 is 0 Å². The van der Waals surface area contributed by atoms with Gasteiger partial charge in [0, 0.05) is 25.7 Å². The van der Waals surface area contributed by atoms with Crippen molar-refractivity contribution in [3.05, 3.63) is 0 Å². The van der Waals surface area contributed by atoms with Crippen LogP contribution in [0.2, 0.25) is 0 Å². The Labute approximate surface area is 218 Å². The molecule has 2 unspecified atom stereocenters. The molecule has 0 saturated carbocycles. The molecule has 30 heavy (non-hydrogen) atoms. The van der Waals surface area contributed by atoms with Crippen LogP contribution in [0.3, 0.4) is 0 Å². The smallest absolute Gasteiger partial charge is 0.140 e. The fourth-order valence-corrected chi connectivity index (χ4v) is 8.63. The number of quaternary nitrogens is 1. The zero-order valence-electron chi connectivity index (χ0n) is 20.6. The lowest BCUT2D eigenvalue weighted by molar-refractivity contribution is -0.929. The minimum Gasteiger partial charge on any atom is -0.303 e. The fraction of sp³-hybridized carbons (Fsp3) is 1.00. The molecule has 1 aliphatic rings. The molecule has 180 valence electrons. The number of hydrogen-bond acceptors (Lipinski definition) is 0. The zero-order chi connectivity index (χ0) is 21.9. The molecule has 0 spiro atoms. The second-order valence-corrected chi connectivity index (χ2v) is 12.9. The van der Waals surface area contributed by atoms with Crippen LogP contribution in [0.15, 0.2) is 0 Å². The summed E-state index contributed by atoms with van der Waals surface area (Å²) in [5, 5.41) is 0. The van der Waals surface area contributed by atoms with Crippen molar-refractivity contribution in [2.45, 2.75) is 157 Å². The monoisotopic (exact) mass is 646 g/mol. The van der Waals surface area contributed by atoms with Gasteiger partial charge in [-0.15, -0.1) is 0 Å². The number of rotatable bonds is 21. The molecular formula is C27H54I2N+. The first kappa shape index (κ1) is 29.5. The summed E-state index contributed by atoms with van der Waals surface area (Å²) in [5.41, 5.74) is 0. The molecule has 2 atom stereocenters. The SMILES string of the molecule is CCCCCCCCCCCCCCC(I)[N+]1(C(I)CCCCCCC)CCCC1. The molecule has 0 amide bonds. The highest BCUT2D eigenvalue weighted by Gasteiger charge is 2.43. The maximum absolute atomic E-state index is 2.85. The highest BCUT2D eigenvalue weighted by atomic mass is 127. The minimum atomic E-state index is 0.853. The van der Waals surface area contributed by atoms with Crippen LogP contribution in [0.5, 0.6) is 0 Å². The first-order chi connectivity index (χ1) is 14.7. The summed E-state index contributed by atoms with van der Waals surface area (Å²) in [4.78, 5) is 0. The van der Waals surface area contributed by atoms with Gasteiger partial charge in [-0.25, -0.2) is 0 Å². The molecule has 0 aliphatic carbocycles. The van der Waals surface area contributed by atoms with Crippen LogP contribution >= 0.6 is 45.2 Å². The normalized spacial score (nSPS) is 18.0. The van der Waals surface area contributed by atoms with Gasteiger partial charge in [0.15, 0.2) is 0 Å². The summed E-state index contributed by atoms with van der Waals surface area (Å²) < 4.78 is 3.14. The van der Waals surface area contributed by atoms with Gasteiger partial charge in [-0.05, 0) is 58.0 Å². The maximum atomic E-state index is 2.85. The van der Waals surface area contributed by atoms with E-state index in [1.807, 2.05) is 0 Å². The lowest BCUT2D eigenvalue weighted by Gasteiger charge is -2.43. The number of unbranched alkanes of at least 4 members (excludes halogenated alkanes) is 15. The van der Waals surface area contributed by atoms with E-state index in [0.717, 1.165) is 8.10 Å². The maximum Gasteiger partial charge on any atom is 0.140 e. The van der Waals surface area contributed by atoms with Crippen molar-refractivity contribution >= 4 is 45.2 Å². The Balaban J connectivity index is 2.11. The third kappa shape index (κ3) is 12.6. The molecule has 1 rings (SSSR count). The van der Waals surface area contributed by atoms with E-state index in [2.05, 4.69) is 59.0 Å². The van der Waals surface area contributed by atoms with E-state index in [-0.39, 0.29) is 0 Å². The van der Waals surface area contributed by atoms with Crippen molar-refractivity contribution in [1.29, 1.82) is 0 Å². The number of nitrogens with zero attached hydrogens (tertiary/aromatic N) is 1. The summed E-state index contributed by atoms with van der Waals surface area (Å²) in [5.74, 6) is 0. The Kier molecular flexibility index (Phi) is 19.5. The lowest BCUT2D eigenvalue weighted by atomic mass is 10.0.